The fourth-order valence-electron chi connectivity index (χ4n) is 4.79. The number of methoxy groups -OCH3 is 1. The fraction of sp³-hybridized carbons (Fsp3) is 0.519. The first-order valence-corrected chi connectivity index (χ1v) is 13.2. The average molecular weight is 611 g/mol. The van der Waals surface area contributed by atoms with E-state index in [0.29, 0.717) is 5.57 Å². The third-order valence-corrected chi connectivity index (χ3v) is 7.12. The van der Waals surface area contributed by atoms with Crippen LogP contribution in [-0.2, 0) is 28.5 Å². The van der Waals surface area contributed by atoms with Gasteiger partial charge in [-0.15, -0.1) is 6.58 Å². The molecule has 0 spiro atoms. The third-order valence-electron chi connectivity index (χ3n) is 7.12. The Balaban J connectivity index is 2.01. The smallest absolute Gasteiger partial charge is 0.337 e. The molecule has 3 aliphatic heterocycles. The van der Waals surface area contributed by atoms with E-state index < -0.39 is 67.4 Å². The molecule has 16 heteroatoms. The van der Waals surface area contributed by atoms with E-state index in [0.717, 1.165) is 6.26 Å². The van der Waals surface area contributed by atoms with Gasteiger partial charge in [-0.3, -0.25) is 4.99 Å². The number of aliphatic imine (C=N–C) groups is 1. The van der Waals surface area contributed by atoms with Crippen molar-refractivity contribution in [3.8, 4) is 0 Å². The molecule has 1 fully saturated rings. The normalized spacial score (nSPS) is 31.7. The SMILES string of the molecule is C=C[C@H]1[C@H](O[C@@H]2O[C@H](CO)[C@@H](O)[C@H](O)[C@H]2O)OC=C(C(=O)OC)[C@H]1/C=C\C1=CN(CCO)CC(C(=O)O)=C1NC(N)=NC. The quantitative estimate of drug-likeness (QED) is 0.0512. The molecule has 3 aliphatic rings. The highest BCUT2D eigenvalue weighted by Gasteiger charge is 2.47. The maximum atomic E-state index is 12.7. The number of carbonyl (C=O) groups excluding carboxylic acids is 1. The van der Waals surface area contributed by atoms with E-state index in [1.807, 2.05) is 0 Å². The van der Waals surface area contributed by atoms with E-state index in [4.69, 9.17) is 24.7 Å². The zero-order valence-corrected chi connectivity index (χ0v) is 23.6. The van der Waals surface area contributed by atoms with Gasteiger partial charge in [-0.25, -0.2) is 9.59 Å². The molecule has 238 valence electrons. The second kappa shape index (κ2) is 15.1. The highest BCUT2D eigenvalue weighted by molar-refractivity contribution is 5.92. The Labute approximate surface area is 247 Å². The molecular weight excluding hydrogens is 572 g/mol. The van der Waals surface area contributed by atoms with Crippen molar-refractivity contribution in [2.45, 2.75) is 37.0 Å². The summed E-state index contributed by atoms with van der Waals surface area (Å²) in [5.74, 6) is -3.72. The number of ether oxygens (including phenoxy) is 4. The maximum absolute atomic E-state index is 12.7. The monoisotopic (exact) mass is 610 g/mol. The van der Waals surface area contributed by atoms with Gasteiger partial charge in [0.05, 0.1) is 55.9 Å². The number of aliphatic hydroxyl groups is 5. The number of nitrogens with two attached hydrogens (primary N) is 1. The second-order valence-electron chi connectivity index (χ2n) is 9.77. The number of carboxylic acids is 1. The van der Waals surface area contributed by atoms with Gasteiger partial charge in [-0.05, 0) is 0 Å². The van der Waals surface area contributed by atoms with E-state index in [2.05, 4.69) is 16.9 Å². The topological polar surface area (TPSA) is 246 Å². The van der Waals surface area contributed by atoms with E-state index in [1.165, 1.54) is 26.3 Å². The first kappa shape index (κ1) is 33.7. The Morgan fingerprint density at radius 3 is 2.53 bits per heavy atom. The number of β-amino-alcohol motifs (C(OH)–C–C–N with tert-alkyl or cyclic N) is 1. The molecule has 0 aromatic heterocycles. The number of hydrogen-bond donors (Lipinski definition) is 8. The van der Waals surface area contributed by atoms with Crippen molar-refractivity contribution in [2.75, 3.05) is 40.5 Å². The van der Waals surface area contributed by atoms with E-state index >= 15 is 0 Å². The van der Waals surface area contributed by atoms with Crippen LogP contribution in [0.5, 0.6) is 0 Å². The van der Waals surface area contributed by atoms with Gasteiger partial charge in [-0.1, -0.05) is 18.2 Å². The summed E-state index contributed by atoms with van der Waals surface area (Å²) in [5, 5.41) is 62.4. The molecule has 0 aliphatic carbocycles. The number of carbonyl (C=O) groups is 2. The van der Waals surface area contributed by atoms with Gasteiger partial charge in [0.1, 0.15) is 24.4 Å². The zero-order chi connectivity index (χ0) is 31.8. The third kappa shape index (κ3) is 7.61. The molecule has 0 amide bonds. The van der Waals surface area contributed by atoms with E-state index in [1.54, 1.807) is 17.2 Å². The summed E-state index contributed by atoms with van der Waals surface area (Å²) < 4.78 is 21.8. The summed E-state index contributed by atoms with van der Waals surface area (Å²) in [6.07, 6.45) is -1.80. The molecule has 0 radical (unpaired) electrons. The summed E-state index contributed by atoms with van der Waals surface area (Å²) in [5.41, 5.74) is 6.31. The average Bonchev–Trinajstić information content (AvgIpc) is 3.00. The Morgan fingerprint density at radius 2 is 1.95 bits per heavy atom. The highest BCUT2D eigenvalue weighted by Crippen LogP contribution is 2.37. The summed E-state index contributed by atoms with van der Waals surface area (Å²) in [6.45, 7) is 3.00. The van der Waals surface area contributed by atoms with Crippen molar-refractivity contribution in [3.63, 3.8) is 0 Å². The minimum absolute atomic E-state index is 0.0402. The van der Waals surface area contributed by atoms with E-state index in [-0.39, 0.29) is 42.5 Å². The van der Waals surface area contributed by atoms with Crippen LogP contribution in [0.15, 0.2) is 64.7 Å². The maximum Gasteiger partial charge on any atom is 0.337 e. The number of guanidine groups is 1. The van der Waals surface area contributed by atoms with Crippen LogP contribution in [0.1, 0.15) is 0 Å². The number of aliphatic hydroxyl groups excluding tert-OH is 5. The molecule has 1 saturated heterocycles. The van der Waals surface area contributed by atoms with Crippen molar-refractivity contribution >= 4 is 17.9 Å². The largest absolute Gasteiger partial charge is 0.478 e. The van der Waals surface area contributed by atoms with Crippen LogP contribution >= 0.6 is 0 Å². The van der Waals surface area contributed by atoms with Crippen LogP contribution in [0.4, 0.5) is 0 Å². The number of rotatable bonds is 11. The molecule has 9 N–H and O–H groups in total. The Bertz CT molecular complexity index is 1200. The first-order chi connectivity index (χ1) is 20.5. The molecule has 16 nitrogen and oxygen atoms in total. The molecule has 0 bridgehead atoms. The predicted molar refractivity (Wildman–Crippen MR) is 148 cm³/mol. The summed E-state index contributed by atoms with van der Waals surface area (Å²) >= 11 is 0. The van der Waals surface area contributed by atoms with Crippen LogP contribution in [0.25, 0.3) is 0 Å². The lowest BCUT2D eigenvalue weighted by Crippen LogP contribution is -2.60. The number of carboxylic acid groups (broad SMARTS) is 1. The van der Waals surface area contributed by atoms with Gasteiger partial charge >= 0.3 is 11.9 Å². The molecule has 0 aromatic carbocycles. The lowest BCUT2D eigenvalue weighted by molar-refractivity contribution is -0.338. The first-order valence-electron chi connectivity index (χ1n) is 13.2. The van der Waals surface area contributed by atoms with Crippen molar-refractivity contribution in [3.05, 3.63) is 59.7 Å². The predicted octanol–water partition coefficient (Wildman–Crippen LogP) is -2.74. The highest BCUT2D eigenvalue weighted by atomic mass is 16.8. The van der Waals surface area contributed by atoms with Crippen molar-refractivity contribution in [2.24, 2.45) is 22.6 Å². The molecule has 0 saturated carbocycles. The van der Waals surface area contributed by atoms with Gasteiger partial charge in [-0.2, -0.15) is 0 Å². The second-order valence-corrected chi connectivity index (χ2v) is 9.77. The molecule has 3 heterocycles. The molecule has 0 aromatic rings. The minimum atomic E-state index is -1.71. The zero-order valence-electron chi connectivity index (χ0n) is 23.6. The number of hydrogen-bond acceptors (Lipinski definition) is 13. The summed E-state index contributed by atoms with van der Waals surface area (Å²) in [4.78, 5) is 30.3. The van der Waals surface area contributed by atoms with Crippen molar-refractivity contribution in [1.29, 1.82) is 0 Å². The molecule has 8 atom stereocenters. The minimum Gasteiger partial charge on any atom is -0.478 e. The van der Waals surface area contributed by atoms with Crippen LogP contribution in [-0.4, -0.2) is 131 Å². The standard InChI is InChI=1S/C27H38N4O12/c1-4-14-15(6-5-13-9-31(7-8-32)10-16(23(37)38)19(13)30-27(28)29-2)17(24(39)40-3)12-41-25(14)43-26-22(36)21(35)20(34)18(11-33)42-26/h4-6,9,12,14-15,18,20-22,25-26,32-36H,1,7-8,10-11H2,2-3H3,(H,37,38)(H3,28,29,30)/b6-5-/t14-,15+,18-,20-,21+,22-,25+,26+/m1/s1. The Hall–Kier alpha value is -3.77. The van der Waals surface area contributed by atoms with Gasteiger partial charge in [0, 0.05) is 31.3 Å². The number of nitrogens with one attached hydrogen (secondary N) is 1. The lowest BCUT2D eigenvalue weighted by atomic mass is 9.83. The van der Waals surface area contributed by atoms with Crippen LogP contribution in [0, 0.1) is 11.8 Å². The van der Waals surface area contributed by atoms with Gasteiger partial charge in [0.15, 0.2) is 12.2 Å². The molecule has 43 heavy (non-hydrogen) atoms. The number of nitrogens with zero attached hydrogens (tertiary/aromatic N) is 2. The number of allylic oxidation sites excluding steroid dienone is 2. The van der Waals surface area contributed by atoms with Crippen LogP contribution in [0.2, 0.25) is 0 Å². The van der Waals surface area contributed by atoms with Gasteiger partial charge in [0.25, 0.3) is 0 Å². The molecular formula is C27H38N4O12. The van der Waals surface area contributed by atoms with Crippen molar-refractivity contribution < 1.29 is 59.2 Å². The van der Waals surface area contributed by atoms with Gasteiger partial charge in [0.2, 0.25) is 6.29 Å². The Kier molecular flexibility index (Phi) is 11.8. The lowest BCUT2D eigenvalue weighted by Gasteiger charge is -2.42. The summed E-state index contributed by atoms with van der Waals surface area (Å²) in [6, 6.07) is 0. The molecule has 3 rings (SSSR count). The fourth-order valence-corrected chi connectivity index (χ4v) is 4.79. The van der Waals surface area contributed by atoms with Gasteiger partial charge < -0.3 is 65.5 Å². The number of aliphatic carboxylic acids is 1. The van der Waals surface area contributed by atoms with Crippen LogP contribution < -0.4 is 11.1 Å². The van der Waals surface area contributed by atoms with Crippen molar-refractivity contribution in [1.82, 2.24) is 10.2 Å². The molecule has 0 unspecified atom stereocenters. The summed E-state index contributed by atoms with van der Waals surface area (Å²) in [7, 11) is 2.60. The van der Waals surface area contributed by atoms with Crippen LogP contribution in [0.3, 0.4) is 0 Å². The number of esters is 1. The Morgan fingerprint density at radius 1 is 1.23 bits per heavy atom. The van der Waals surface area contributed by atoms with E-state index in [9.17, 15) is 40.2 Å².